The van der Waals surface area contributed by atoms with Gasteiger partial charge in [-0.3, -0.25) is 4.79 Å². The molecule has 1 aromatic carbocycles. The van der Waals surface area contributed by atoms with Crippen molar-refractivity contribution in [2.24, 2.45) is 0 Å². The topological polar surface area (TPSA) is 78.6 Å². The lowest BCUT2D eigenvalue weighted by Gasteiger charge is -2.15. The fraction of sp³-hybridized carbons (Fsp3) is 0.375. The Morgan fingerprint density at radius 1 is 1.36 bits per heavy atom. The Morgan fingerprint density at radius 3 is 2.68 bits per heavy atom. The molecule has 0 aliphatic carbocycles. The largest absolute Gasteiger partial charge is 0.390 e. The number of benzene rings is 1. The van der Waals surface area contributed by atoms with E-state index in [1.54, 1.807) is 6.07 Å². The fourth-order valence-electron chi connectivity index (χ4n) is 2.02. The Kier molecular flexibility index (Phi) is 5.30. The highest BCUT2D eigenvalue weighted by Crippen LogP contribution is 2.20. The Balaban J connectivity index is 1.96. The van der Waals surface area contributed by atoms with E-state index in [2.05, 4.69) is 10.5 Å². The van der Waals surface area contributed by atoms with E-state index in [1.165, 1.54) is 0 Å². The first-order valence-corrected chi connectivity index (χ1v) is 7.10. The molecule has 0 radical (unpaired) electrons. The standard InChI is InChI=1S/C16H21N3O3/c1-11-4-6-12(7-5-11)15-8-14(18-22-15)16(21)17-9-13(20)10-19(2)3/h4-8,13,20H,9-10H2,1-3H3,(H,17,21). The molecule has 6 heteroatoms. The van der Waals surface area contributed by atoms with Crippen LogP contribution in [0.3, 0.4) is 0 Å². The Morgan fingerprint density at radius 2 is 2.05 bits per heavy atom. The monoisotopic (exact) mass is 303 g/mol. The first-order valence-electron chi connectivity index (χ1n) is 7.10. The van der Waals surface area contributed by atoms with Gasteiger partial charge in [0.05, 0.1) is 6.10 Å². The number of amides is 1. The second kappa shape index (κ2) is 7.20. The Bertz CT molecular complexity index is 620. The SMILES string of the molecule is Cc1ccc(-c2cc(C(=O)NCC(O)CN(C)C)no2)cc1. The van der Waals surface area contributed by atoms with Gasteiger partial charge in [0.25, 0.3) is 5.91 Å². The summed E-state index contributed by atoms with van der Waals surface area (Å²) in [5.74, 6) is 0.180. The average Bonchev–Trinajstić information content (AvgIpc) is 2.94. The Labute approximate surface area is 129 Å². The van der Waals surface area contributed by atoms with Crippen LogP contribution in [0.4, 0.5) is 0 Å². The number of rotatable bonds is 6. The molecule has 1 amide bonds. The molecule has 0 bridgehead atoms. The minimum Gasteiger partial charge on any atom is -0.390 e. The molecule has 0 saturated heterocycles. The van der Waals surface area contributed by atoms with E-state index < -0.39 is 6.10 Å². The number of carbonyl (C=O) groups is 1. The number of aliphatic hydroxyl groups is 1. The summed E-state index contributed by atoms with van der Waals surface area (Å²) in [7, 11) is 3.72. The lowest BCUT2D eigenvalue weighted by atomic mass is 10.1. The third kappa shape index (κ3) is 4.41. The van der Waals surface area contributed by atoms with Crippen LogP contribution < -0.4 is 5.32 Å². The number of hydrogen-bond acceptors (Lipinski definition) is 5. The van der Waals surface area contributed by atoms with E-state index in [9.17, 15) is 9.90 Å². The molecule has 118 valence electrons. The minimum absolute atomic E-state index is 0.170. The number of likely N-dealkylation sites (N-methyl/N-ethyl adjacent to an activating group) is 1. The van der Waals surface area contributed by atoms with Gasteiger partial charge in [-0.05, 0) is 21.0 Å². The van der Waals surface area contributed by atoms with Gasteiger partial charge in [0.15, 0.2) is 11.5 Å². The maximum atomic E-state index is 12.0. The van der Waals surface area contributed by atoms with E-state index in [0.717, 1.165) is 11.1 Å². The van der Waals surface area contributed by atoms with Crippen LogP contribution in [0.1, 0.15) is 16.1 Å². The zero-order chi connectivity index (χ0) is 16.1. The predicted molar refractivity (Wildman–Crippen MR) is 83.6 cm³/mol. The average molecular weight is 303 g/mol. The number of aryl methyl sites for hydroxylation is 1. The smallest absolute Gasteiger partial charge is 0.273 e. The van der Waals surface area contributed by atoms with E-state index >= 15 is 0 Å². The van der Waals surface area contributed by atoms with Crippen molar-refractivity contribution in [3.05, 3.63) is 41.6 Å². The number of carbonyl (C=O) groups excluding carboxylic acids is 1. The fourth-order valence-corrected chi connectivity index (χ4v) is 2.02. The van der Waals surface area contributed by atoms with Crippen molar-refractivity contribution < 1.29 is 14.4 Å². The van der Waals surface area contributed by atoms with E-state index in [-0.39, 0.29) is 18.1 Å². The van der Waals surface area contributed by atoms with E-state index in [4.69, 9.17) is 4.52 Å². The van der Waals surface area contributed by atoms with Gasteiger partial charge in [0.2, 0.25) is 0 Å². The molecular formula is C16H21N3O3. The first-order chi connectivity index (χ1) is 10.5. The zero-order valence-electron chi connectivity index (χ0n) is 13.0. The molecule has 1 atom stereocenters. The summed E-state index contributed by atoms with van der Waals surface area (Å²) >= 11 is 0. The minimum atomic E-state index is -0.623. The molecule has 1 heterocycles. The van der Waals surface area contributed by atoms with Crippen molar-refractivity contribution in [3.8, 4) is 11.3 Å². The van der Waals surface area contributed by atoms with Crippen LogP contribution in [-0.2, 0) is 0 Å². The lowest BCUT2D eigenvalue weighted by molar-refractivity contribution is 0.0884. The van der Waals surface area contributed by atoms with E-state index in [1.807, 2.05) is 50.2 Å². The molecule has 22 heavy (non-hydrogen) atoms. The lowest BCUT2D eigenvalue weighted by Crippen LogP contribution is -2.37. The highest BCUT2D eigenvalue weighted by Gasteiger charge is 2.15. The summed E-state index contributed by atoms with van der Waals surface area (Å²) in [5.41, 5.74) is 2.22. The zero-order valence-corrected chi connectivity index (χ0v) is 13.0. The van der Waals surface area contributed by atoms with Gasteiger partial charge in [-0.15, -0.1) is 0 Å². The first kappa shape index (κ1) is 16.2. The van der Waals surface area contributed by atoms with Crippen LogP contribution in [0.5, 0.6) is 0 Å². The number of aromatic nitrogens is 1. The third-order valence-electron chi connectivity index (χ3n) is 3.15. The molecular weight excluding hydrogens is 282 g/mol. The summed E-state index contributed by atoms with van der Waals surface area (Å²) in [6, 6.07) is 9.36. The van der Waals surface area contributed by atoms with Gasteiger partial charge in [-0.25, -0.2) is 0 Å². The van der Waals surface area contributed by atoms with Crippen molar-refractivity contribution in [3.63, 3.8) is 0 Å². The normalized spacial score (nSPS) is 12.4. The molecule has 0 aliphatic rings. The summed E-state index contributed by atoms with van der Waals surface area (Å²) in [6.45, 7) is 2.65. The van der Waals surface area contributed by atoms with Crippen molar-refractivity contribution in [2.75, 3.05) is 27.2 Å². The Hall–Kier alpha value is -2.18. The number of nitrogens with one attached hydrogen (secondary N) is 1. The van der Waals surface area contributed by atoms with Gasteiger partial charge < -0.3 is 19.8 Å². The summed E-state index contributed by atoms with van der Waals surface area (Å²) in [5, 5.41) is 16.1. The van der Waals surface area contributed by atoms with Gasteiger partial charge >= 0.3 is 0 Å². The van der Waals surface area contributed by atoms with Crippen molar-refractivity contribution in [2.45, 2.75) is 13.0 Å². The molecule has 1 unspecified atom stereocenters. The van der Waals surface area contributed by atoms with Crippen LogP contribution >= 0.6 is 0 Å². The van der Waals surface area contributed by atoms with Crippen LogP contribution in [0.2, 0.25) is 0 Å². The molecule has 2 rings (SSSR count). The number of hydrogen-bond donors (Lipinski definition) is 2. The molecule has 6 nitrogen and oxygen atoms in total. The second-order valence-corrected chi connectivity index (χ2v) is 5.57. The maximum absolute atomic E-state index is 12.0. The van der Waals surface area contributed by atoms with Crippen molar-refractivity contribution in [1.82, 2.24) is 15.4 Å². The summed E-state index contributed by atoms with van der Waals surface area (Å²) in [6.07, 6.45) is -0.623. The molecule has 2 N–H and O–H groups in total. The van der Waals surface area contributed by atoms with Gasteiger partial charge in [-0.2, -0.15) is 0 Å². The van der Waals surface area contributed by atoms with Crippen LogP contribution in [0, 0.1) is 6.92 Å². The number of nitrogens with zero attached hydrogens (tertiary/aromatic N) is 2. The van der Waals surface area contributed by atoms with Crippen LogP contribution in [-0.4, -0.2) is 54.4 Å². The highest BCUT2D eigenvalue weighted by atomic mass is 16.5. The predicted octanol–water partition coefficient (Wildman–Crippen LogP) is 1.30. The van der Waals surface area contributed by atoms with Gasteiger partial charge in [0, 0.05) is 24.7 Å². The number of aliphatic hydroxyl groups excluding tert-OH is 1. The summed E-state index contributed by atoms with van der Waals surface area (Å²) < 4.78 is 5.20. The third-order valence-corrected chi connectivity index (χ3v) is 3.15. The quantitative estimate of drug-likeness (QED) is 0.841. The second-order valence-electron chi connectivity index (χ2n) is 5.57. The van der Waals surface area contributed by atoms with Gasteiger partial charge in [0.1, 0.15) is 0 Å². The molecule has 0 aliphatic heterocycles. The summed E-state index contributed by atoms with van der Waals surface area (Å²) in [4.78, 5) is 13.8. The van der Waals surface area contributed by atoms with Gasteiger partial charge in [-0.1, -0.05) is 35.0 Å². The van der Waals surface area contributed by atoms with Crippen LogP contribution in [0.15, 0.2) is 34.9 Å². The molecule has 1 aromatic heterocycles. The maximum Gasteiger partial charge on any atom is 0.273 e. The molecule has 0 saturated carbocycles. The molecule has 0 spiro atoms. The van der Waals surface area contributed by atoms with E-state index in [0.29, 0.717) is 12.3 Å². The van der Waals surface area contributed by atoms with Crippen molar-refractivity contribution >= 4 is 5.91 Å². The molecule has 0 fully saturated rings. The van der Waals surface area contributed by atoms with Crippen LogP contribution in [0.25, 0.3) is 11.3 Å². The van der Waals surface area contributed by atoms with Crippen molar-refractivity contribution in [1.29, 1.82) is 0 Å². The highest BCUT2D eigenvalue weighted by molar-refractivity contribution is 5.93. The molecule has 2 aromatic rings.